The maximum atomic E-state index is 13.1. The molecule has 0 aromatic heterocycles. The Morgan fingerprint density at radius 1 is 1.00 bits per heavy atom. The van der Waals surface area contributed by atoms with Crippen molar-refractivity contribution in [3.63, 3.8) is 0 Å². The highest BCUT2D eigenvalue weighted by molar-refractivity contribution is 7.89. The second-order valence-corrected chi connectivity index (χ2v) is 12.8. The molecular weight excluding hydrogens is 460 g/mol. The Morgan fingerprint density at radius 2 is 1.60 bits per heavy atom. The molecule has 6 nitrogen and oxygen atoms in total. The third kappa shape index (κ3) is 6.39. The number of hydrogen-bond donors (Lipinski definition) is 1. The van der Waals surface area contributed by atoms with Crippen molar-refractivity contribution in [2.45, 2.75) is 70.7 Å². The van der Waals surface area contributed by atoms with Gasteiger partial charge in [-0.25, -0.2) is 8.42 Å². The van der Waals surface area contributed by atoms with Crippen LogP contribution < -0.4 is 5.32 Å². The van der Waals surface area contributed by atoms with E-state index >= 15 is 0 Å². The van der Waals surface area contributed by atoms with Gasteiger partial charge in [0.25, 0.3) is 0 Å². The molecule has 2 aromatic rings. The first kappa shape index (κ1) is 27.1. The van der Waals surface area contributed by atoms with Crippen molar-refractivity contribution in [1.29, 1.82) is 0 Å². The third-order valence-electron chi connectivity index (χ3n) is 6.80. The van der Waals surface area contributed by atoms with Gasteiger partial charge in [-0.2, -0.15) is 4.31 Å². The summed E-state index contributed by atoms with van der Waals surface area (Å²) < 4.78 is 27.6. The molecule has 1 unspecified atom stereocenters. The molecule has 0 saturated carbocycles. The van der Waals surface area contributed by atoms with Crippen LogP contribution in [0.3, 0.4) is 0 Å². The molecule has 1 aliphatic heterocycles. The van der Waals surface area contributed by atoms with Gasteiger partial charge in [0.15, 0.2) is 5.78 Å². The molecule has 1 N–H and O–H groups in total. The number of rotatable bonds is 7. The molecule has 1 heterocycles. The van der Waals surface area contributed by atoms with Gasteiger partial charge in [-0.1, -0.05) is 71.0 Å². The van der Waals surface area contributed by atoms with E-state index in [-0.39, 0.29) is 53.0 Å². The molecule has 3 rings (SSSR count). The summed E-state index contributed by atoms with van der Waals surface area (Å²) in [4.78, 5) is 24.9. The van der Waals surface area contributed by atoms with Crippen molar-refractivity contribution in [3.05, 3.63) is 65.2 Å². The van der Waals surface area contributed by atoms with Gasteiger partial charge in [0.2, 0.25) is 15.9 Å². The Kier molecular flexibility index (Phi) is 8.22. The summed E-state index contributed by atoms with van der Waals surface area (Å²) in [5, 5.41) is 3.22. The van der Waals surface area contributed by atoms with Gasteiger partial charge in [0, 0.05) is 24.6 Å². The average molecular weight is 499 g/mol. The van der Waals surface area contributed by atoms with E-state index in [4.69, 9.17) is 0 Å². The molecule has 0 radical (unpaired) electrons. The Labute approximate surface area is 210 Å². The SMILES string of the molecule is CC(=O)c1cccc(S(=O)(=O)N2CCC(C(=O)NC(c3ccc(C(C)(C)C)cc3)C(C)C)CC2)c1. The average Bonchev–Trinajstić information content (AvgIpc) is 2.82. The minimum Gasteiger partial charge on any atom is -0.349 e. The molecule has 2 aromatic carbocycles. The highest BCUT2D eigenvalue weighted by Gasteiger charge is 2.33. The van der Waals surface area contributed by atoms with Crippen LogP contribution in [0.25, 0.3) is 0 Å². The number of nitrogens with zero attached hydrogens (tertiary/aromatic N) is 1. The summed E-state index contributed by atoms with van der Waals surface area (Å²) >= 11 is 0. The number of nitrogens with one attached hydrogen (secondary N) is 1. The molecule has 1 saturated heterocycles. The van der Waals surface area contributed by atoms with E-state index in [9.17, 15) is 18.0 Å². The minimum atomic E-state index is -3.71. The number of ketones is 1. The van der Waals surface area contributed by atoms with Gasteiger partial charge in [-0.05, 0) is 54.4 Å². The quantitative estimate of drug-likeness (QED) is 0.538. The Morgan fingerprint density at radius 3 is 2.11 bits per heavy atom. The number of benzene rings is 2. The molecule has 0 spiro atoms. The molecule has 1 aliphatic rings. The van der Waals surface area contributed by atoms with Crippen molar-refractivity contribution in [3.8, 4) is 0 Å². The summed E-state index contributed by atoms with van der Waals surface area (Å²) in [6.07, 6.45) is 0.927. The number of piperidine rings is 1. The molecular formula is C28H38N2O4S. The smallest absolute Gasteiger partial charge is 0.243 e. The van der Waals surface area contributed by atoms with Crippen LogP contribution in [0.5, 0.6) is 0 Å². The second kappa shape index (κ2) is 10.6. The van der Waals surface area contributed by atoms with E-state index < -0.39 is 10.0 Å². The van der Waals surface area contributed by atoms with Crippen LogP contribution in [0.15, 0.2) is 53.4 Å². The normalized spacial score (nSPS) is 16.8. The zero-order valence-corrected chi connectivity index (χ0v) is 22.5. The van der Waals surface area contributed by atoms with Gasteiger partial charge in [0.05, 0.1) is 10.9 Å². The largest absolute Gasteiger partial charge is 0.349 e. The van der Waals surface area contributed by atoms with E-state index in [0.717, 1.165) is 5.56 Å². The maximum absolute atomic E-state index is 13.1. The van der Waals surface area contributed by atoms with E-state index in [2.05, 4.69) is 64.2 Å². The van der Waals surface area contributed by atoms with E-state index in [1.165, 1.54) is 28.9 Å². The van der Waals surface area contributed by atoms with E-state index in [1.54, 1.807) is 12.1 Å². The lowest BCUT2D eigenvalue weighted by Crippen LogP contribution is -2.44. The summed E-state index contributed by atoms with van der Waals surface area (Å²) in [6, 6.07) is 14.5. The van der Waals surface area contributed by atoms with Crippen molar-refractivity contribution in [1.82, 2.24) is 9.62 Å². The first-order valence-electron chi connectivity index (χ1n) is 12.3. The number of sulfonamides is 1. The molecule has 35 heavy (non-hydrogen) atoms. The first-order chi connectivity index (χ1) is 16.3. The van der Waals surface area contributed by atoms with Gasteiger partial charge in [-0.3, -0.25) is 9.59 Å². The summed E-state index contributed by atoms with van der Waals surface area (Å²) in [7, 11) is -3.71. The monoisotopic (exact) mass is 498 g/mol. The van der Waals surface area contributed by atoms with Crippen LogP contribution in [0.4, 0.5) is 0 Å². The number of carbonyl (C=O) groups excluding carboxylic acids is 2. The topological polar surface area (TPSA) is 83.6 Å². The predicted molar refractivity (Wildman–Crippen MR) is 139 cm³/mol. The van der Waals surface area contributed by atoms with Crippen molar-refractivity contribution in [2.24, 2.45) is 11.8 Å². The lowest BCUT2D eigenvalue weighted by molar-refractivity contribution is -0.127. The molecule has 0 aliphatic carbocycles. The molecule has 7 heteroatoms. The minimum absolute atomic E-state index is 0.0285. The van der Waals surface area contributed by atoms with E-state index in [0.29, 0.717) is 18.4 Å². The zero-order chi connectivity index (χ0) is 26.0. The fraction of sp³-hybridized carbons (Fsp3) is 0.500. The fourth-order valence-electron chi connectivity index (χ4n) is 4.48. The van der Waals surface area contributed by atoms with Gasteiger partial charge >= 0.3 is 0 Å². The summed E-state index contributed by atoms with van der Waals surface area (Å²) in [5.41, 5.74) is 2.76. The van der Waals surface area contributed by atoms with Crippen LogP contribution in [0.2, 0.25) is 0 Å². The number of hydrogen-bond acceptors (Lipinski definition) is 4. The number of amides is 1. The van der Waals surface area contributed by atoms with Crippen LogP contribution in [-0.4, -0.2) is 37.5 Å². The maximum Gasteiger partial charge on any atom is 0.243 e. The van der Waals surface area contributed by atoms with Crippen LogP contribution in [-0.2, 0) is 20.2 Å². The Hall–Kier alpha value is -2.51. The zero-order valence-electron chi connectivity index (χ0n) is 21.7. The Balaban J connectivity index is 1.66. The lowest BCUT2D eigenvalue weighted by atomic mass is 9.85. The fourth-order valence-corrected chi connectivity index (χ4v) is 6.00. The molecule has 1 fully saturated rings. The van der Waals surface area contributed by atoms with Crippen LogP contribution in [0, 0.1) is 11.8 Å². The van der Waals surface area contributed by atoms with E-state index in [1.807, 2.05) is 0 Å². The van der Waals surface area contributed by atoms with Gasteiger partial charge in [0.1, 0.15) is 0 Å². The van der Waals surface area contributed by atoms with Gasteiger partial charge in [-0.15, -0.1) is 0 Å². The highest BCUT2D eigenvalue weighted by Crippen LogP contribution is 2.29. The van der Waals surface area contributed by atoms with Crippen LogP contribution >= 0.6 is 0 Å². The first-order valence-corrected chi connectivity index (χ1v) is 13.8. The van der Waals surface area contributed by atoms with Crippen molar-refractivity contribution < 1.29 is 18.0 Å². The number of Topliss-reactive ketones (excluding diaryl/α,β-unsaturated/α-hetero) is 1. The predicted octanol–water partition coefficient (Wildman–Crippen LogP) is 5.10. The second-order valence-electron chi connectivity index (χ2n) is 10.9. The van der Waals surface area contributed by atoms with Crippen molar-refractivity contribution in [2.75, 3.05) is 13.1 Å². The molecule has 1 atom stereocenters. The lowest BCUT2D eigenvalue weighted by Gasteiger charge is -2.32. The molecule has 0 bridgehead atoms. The number of carbonyl (C=O) groups is 2. The van der Waals surface area contributed by atoms with Crippen molar-refractivity contribution >= 4 is 21.7 Å². The van der Waals surface area contributed by atoms with Gasteiger partial charge < -0.3 is 5.32 Å². The summed E-state index contributed by atoms with van der Waals surface area (Å²) in [6.45, 7) is 12.7. The molecule has 1 amide bonds. The Bertz CT molecular complexity index is 1160. The molecule has 190 valence electrons. The standard InChI is InChI=1S/C28H38N2O4S/c1-19(2)26(21-10-12-24(13-11-21)28(4,5)6)29-27(32)22-14-16-30(17-15-22)35(33,34)25-9-7-8-23(18-25)20(3)31/h7-13,18-19,22,26H,14-17H2,1-6H3,(H,29,32). The highest BCUT2D eigenvalue weighted by atomic mass is 32.2. The van der Waals surface area contributed by atoms with Crippen LogP contribution in [0.1, 0.15) is 81.9 Å². The summed E-state index contributed by atoms with van der Waals surface area (Å²) in [5.74, 6) is -0.224. The third-order valence-corrected chi connectivity index (χ3v) is 8.70.